The van der Waals surface area contributed by atoms with E-state index in [0.29, 0.717) is 33.5 Å². The van der Waals surface area contributed by atoms with E-state index in [-0.39, 0.29) is 17.3 Å². The lowest BCUT2D eigenvalue weighted by molar-refractivity contribution is 0.103. The molecule has 0 aromatic heterocycles. The molecule has 1 amide bonds. The zero-order valence-electron chi connectivity index (χ0n) is 13.6. The molecule has 0 spiro atoms. The highest BCUT2D eigenvalue weighted by atomic mass is 35.5. The van der Waals surface area contributed by atoms with Gasteiger partial charge in [0.2, 0.25) is 10.0 Å². The van der Waals surface area contributed by atoms with Gasteiger partial charge in [0.1, 0.15) is 0 Å². The van der Waals surface area contributed by atoms with Crippen LogP contribution < -0.4 is 10.0 Å². The van der Waals surface area contributed by atoms with E-state index in [0.717, 1.165) is 5.56 Å². The second-order valence-corrected chi connectivity index (χ2v) is 8.24. The van der Waals surface area contributed by atoms with Crippen molar-refractivity contribution in [3.05, 3.63) is 70.7 Å². The third-order valence-electron chi connectivity index (χ3n) is 4.40. The van der Waals surface area contributed by atoms with Crippen LogP contribution in [-0.2, 0) is 16.4 Å². The number of sulfonamides is 1. The zero-order chi connectivity index (χ0) is 18.3. The molecule has 5 nitrogen and oxygen atoms in total. The van der Waals surface area contributed by atoms with Crippen LogP contribution >= 0.6 is 11.6 Å². The second kappa shape index (κ2) is 6.39. The van der Waals surface area contributed by atoms with Crippen LogP contribution in [0, 0.1) is 0 Å². The number of carbonyl (C=O) groups is 1. The largest absolute Gasteiger partial charge is 0.321 e. The summed E-state index contributed by atoms with van der Waals surface area (Å²) < 4.78 is 28.2. The van der Waals surface area contributed by atoms with E-state index >= 15 is 0 Å². The van der Waals surface area contributed by atoms with Gasteiger partial charge in [-0.05, 0) is 42.3 Å². The molecule has 7 heteroatoms. The predicted molar refractivity (Wildman–Crippen MR) is 102 cm³/mol. The van der Waals surface area contributed by atoms with Crippen molar-refractivity contribution >= 4 is 44.0 Å². The van der Waals surface area contributed by atoms with Crippen LogP contribution in [0.3, 0.4) is 0 Å². The van der Waals surface area contributed by atoms with Crippen LogP contribution in [-0.4, -0.2) is 20.9 Å². The number of carbonyl (C=O) groups excluding carboxylic acids is 1. The van der Waals surface area contributed by atoms with Crippen molar-refractivity contribution in [3.8, 4) is 0 Å². The minimum absolute atomic E-state index is 0.172. The van der Waals surface area contributed by atoms with Crippen molar-refractivity contribution in [2.45, 2.75) is 11.3 Å². The molecular formula is C19H15ClN2O3S. The van der Waals surface area contributed by atoms with E-state index < -0.39 is 10.0 Å². The Morgan fingerprint density at radius 2 is 1.77 bits per heavy atom. The molecule has 0 fully saturated rings. The van der Waals surface area contributed by atoms with E-state index in [1.807, 2.05) is 12.1 Å². The number of hydrogen-bond acceptors (Lipinski definition) is 3. The van der Waals surface area contributed by atoms with E-state index in [1.165, 1.54) is 6.07 Å². The summed E-state index contributed by atoms with van der Waals surface area (Å²) in [5, 5.41) is 4.59. The fourth-order valence-corrected chi connectivity index (χ4v) is 4.51. The molecular weight excluding hydrogens is 372 g/mol. The summed E-state index contributed by atoms with van der Waals surface area (Å²) >= 11 is 5.85. The number of rotatable bonds is 5. The molecule has 0 atom stereocenters. The predicted octanol–water partition coefficient (Wildman–Crippen LogP) is 3.58. The van der Waals surface area contributed by atoms with Crippen LogP contribution in [0.4, 0.5) is 5.69 Å². The second-order valence-electron chi connectivity index (χ2n) is 6.07. The van der Waals surface area contributed by atoms with Gasteiger partial charge in [-0.1, -0.05) is 35.9 Å². The highest BCUT2D eigenvalue weighted by molar-refractivity contribution is 7.89. The standard InChI is InChI=1S/C19H15ClN2O3S/c20-13-6-4-12(5-7-13)10-11-21-26(24,25)17-9-8-16-18-14(17)2-1-3-15(18)19(23)22-16/h1-9,21H,10-11H2,(H,22,23). The van der Waals surface area contributed by atoms with Crippen LogP contribution in [0.15, 0.2) is 59.5 Å². The molecule has 3 aromatic carbocycles. The highest BCUT2D eigenvalue weighted by Crippen LogP contribution is 2.36. The number of hydrogen-bond donors (Lipinski definition) is 2. The molecule has 0 bridgehead atoms. The number of anilines is 1. The first-order valence-electron chi connectivity index (χ1n) is 8.07. The maximum atomic E-state index is 12.8. The van der Waals surface area contributed by atoms with Crippen molar-refractivity contribution < 1.29 is 13.2 Å². The van der Waals surface area contributed by atoms with Crippen molar-refractivity contribution in [2.75, 3.05) is 11.9 Å². The van der Waals surface area contributed by atoms with Crippen molar-refractivity contribution in [3.63, 3.8) is 0 Å². The maximum Gasteiger partial charge on any atom is 0.256 e. The van der Waals surface area contributed by atoms with E-state index in [4.69, 9.17) is 11.6 Å². The molecule has 0 saturated heterocycles. The number of amides is 1. The molecule has 1 aliphatic heterocycles. The first kappa shape index (κ1) is 17.0. The minimum Gasteiger partial charge on any atom is -0.321 e. The Bertz CT molecular complexity index is 1130. The molecule has 0 unspecified atom stereocenters. The van der Waals surface area contributed by atoms with Gasteiger partial charge in [-0.2, -0.15) is 0 Å². The van der Waals surface area contributed by atoms with Crippen molar-refractivity contribution in [2.24, 2.45) is 0 Å². The summed E-state index contributed by atoms with van der Waals surface area (Å²) in [6, 6.07) is 15.5. The van der Waals surface area contributed by atoms with Gasteiger partial charge in [0, 0.05) is 33.6 Å². The molecule has 0 radical (unpaired) electrons. The van der Waals surface area contributed by atoms with Gasteiger partial charge in [-0.3, -0.25) is 4.79 Å². The lowest BCUT2D eigenvalue weighted by Crippen LogP contribution is -2.26. The fraction of sp³-hybridized carbons (Fsp3) is 0.105. The first-order valence-corrected chi connectivity index (χ1v) is 9.93. The van der Waals surface area contributed by atoms with Gasteiger partial charge in [0.05, 0.1) is 4.90 Å². The topological polar surface area (TPSA) is 75.3 Å². The summed E-state index contributed by atoms with van der Waals surface area (Å²) in [7, 11) is -3.70. The maximum absolute atomic E-state index is 12.8. The SMILES string of the molecule is O=C1Nc2ccc(S(=O)(=O)NCCc3ccc(Cl)cc3)c3cccc1c23. The van der Waals surface area contributed by atoms with Crippen LogP contribution in [0.25, 0.3) is 10.8 Å². The van der Waals surface area contributed by atoms with Crippen molar-refractivity contribution in [1.82, 2.24) is 4.72 Å². The first-order chi connectivity index (χ1) is 12.5. The van der Waals surface area contributed by atoms with Crippen LogP contribution in [0.1, 0.15) is 15.9 Å². The molecule has 132 valence electrons. The van der Waals surface area contributed by atoms with Gasteiger partial charge in [-0.25, -0.2) is 13.1 Å². The smallest absolute Gasteiger partial charge is 0.256 e. The lowest BCUT2D eigenvalue weighted by Gasteiger charge is -2.10. The molecule has 3 aromatic rings. The molecule has 0 aliphatic carbocycles. The normalized spacial score (nSPS) is 13.2. The Morgan fingerprint density at radius 3 is 2.54 bits per heavy atom. The number of benzene rings is 3. The van der Waals surface area contributed by atoms with Gasteiger partial charge in [0.25, 0.3) is 5.91 Å². The number of nitrogens with one attached hydrogen (secondary N) is 2. The molecule has 26 heavy (non-hydrogen) atoms. The van der Waals surface area contributed by atoms with Crippen molar-refractivity contribution in [1.29, 1.82) is 0 Å². The minimum atomic E-state index is -3.70. The Labute approximate surface area is 156 Å². The van der Waals surface area contributed by atoms with Gasteiger partial charge >= 0.3 is 0 Å². The fourth-order valence-electron chi connectivity index (χ4n) is 3.16. The third-order valence-corrected chi connectivity index (χ3v) is 6.17. The average molecular weight is 387 g/mol. The Balaban J connectivity index is 1.61. The molecule has 4 rings (SSSR count). The van der Waals surface area contributed by atoms with Crippen LogP contribution in [0.2, 0.25) is 5.02 Å². The zero-order valence-corrected chi connectivity index (χ0v) is 15.2. The molecule has 1 aliphatic rings. The summed E-state index contributed by atoms with van der Waals surface area (Å²) in [6.45, 7) is 0.268. The van der Waals surface area contributed by atoms with E-state index in [9.17, 15) is 13.2 Å². The van der Waals surface area contributed by atoms with Gasteiger partial charge < -0.3 is 5.32 Å². The van der Waals surface area contributed by atoms with Gasteiger partial charge in [0.15, 0.2) is 0 Å². The molecule has 2 N–H and O–H groups in total. The van der Waals surface area contributed by atoms with E-state index in [2.05, 4.69) is 10.0 Å². The summed E-state index contributed by atoms with van der Waals surface area (Å²) in [5.74, 6) is -0.212. The third kappa shape index (κ3) is 2.96. The Kier molecular flexibility index (Phi) is 4.19. The Hall–Kier alpha value is -2.41. The summed E-state index contributed by atoms with van der Waals surface area (Å²) in [6.07, 6.45) is 0.553. The summed E-state index contributed by atoms with van der Waals surface area (Å²) in [4.78, 5) is 12.1. The monoisotopic (exact) mass is 386 g/mol. The van der Waals surface area contributed by atoms with Gasteiger partial charge in [-0.15, -0.1) is 0 Å². The quantitative estimate of drug-likeness (QED) is 0.703. The average Bonchev–Trinajstić information content (AvgIpc) is 2.95. The molecule has 1 heterocycles. The van der Waals surface area contributed by atoms with E-state index in [1.54, 1.807) is 36.4 Å². The summed E-state index contributed by atoms with van der Waals surface area (Å²) in [5.41, 5.74) is 2.13. The lowest BCUT2D eigenvalue weighted by atomic mass is 10.1. The highest BCUT2D eigenvalue weighted by Gasteiger charge is 2.25. The van der Waals surface area contributed by atoms with Crippen LogP contribution in [0.5, 0.6) is 0 Å². The Morgan fingerprint density at radius 1 is 1.00 bits per heavy atom. The molecule has 0 saturated carbocycles. The number of halogens is 1.